The smallest absolute Gasteiger partial charge is 0.338 e. The fourth-order valence-electron chi connectivity index (χ4n) is 1.42. The number of sulfone groups is 1. The number of nitro benzene ring substituents is 1. The summed E-state index contributed by atoms with van der Waals surface area (Å²) in [5.74, 6) is -2.53. The standard InChI is InChI=1S/C11H12N2O7S/c1-21(19,20)5-4-10(14)12-9-3-2-7(13(17)18)6-8(9)11(15)16/h2-3,6H,4-5H2,1H3,(H,12,14)(H,15,16). The molecule has 0 aliphatic heterocycles. The molecule has 0 spiro atoms. The highest BCUT2D eigenvalue weighted by atomic mass is 32.2. The van der Waals surface area contributed by atoms with Gasteiger partial charge in [0.1, 0.15) is 9.84 Å². The van der Waals surface area contributed by atoms with E-state index < -0.39 is 37.9 Å². The first kappa shape index (κ1) is 16.6. The van der Waals surface area contributed by atoms with Gasteiger partial charge in [-0.25, -0.2) is 13.2 Å². The molecule has 0 aliphatic carbocycles. The Balaban J connectivity index is 2.95. The van der Waals surface area contributed by atoms with Gasteiger partial charge in [0.2, 0.25) is 5.91 Å². The van der Waals surface area contributed by atoms with Crippen LogP contribution in [0.4, 0.5) is 11.4 Å². The number of non-ortho nitro benzene ring substituents is 1. The number of nitrogens with zero attached hydrogens (tertiary/aromatic N) is 1. The Kier molecular flexibility index (Phi) is 4.97. The Hall–Kier alpha value is -2.49. The average molecular weight is 316 g/mol. The number of benzene rings is 1. The number of hydrogen-bond acceptors (Lipinski definition) is 6. The molecule has 0 aliphatic rings. The summed E-state index contributed by atoms with van der Waals surface area (Å²) >= 11 is 0. The average Bonchev–Trinajstić information content (AvgIpc) is 2.35. The van der Waals surface area contributed by atoms with Crippen LogP contribution in [0.5, 0.6) is 0 Å². The number of carboxylic acids is 1. The van der Waals surface area contributed by atoms with E-state index in [-0.39, 0.29) is 17.9 Å². The van der Waals surface area contributed by atoms with Crippen LogP contribution in [-0.2, 0) is 14.6 Å². The number of nitro groups is 1. The fourth-order valence-corrected chi connectivity index (χ4v) is 1.98. The minimum absolute atomic E-state index is 0.133. The lowest BCUT2D eigenvalue weighted by atomic mass is 10.1. The van der Waals surface area contributed by atoms with E-state index in [1.54, 1.807) is 0 Å². The van der Waals surface area contributed by atoms with E-state index in [9.17, 15) is 28.1 Å². The molecule has 9 nitrogen and oxygen atoms in total. The van der Waals surface area contributed by atoms with Crippen LogP contribution in [0.15, 0.2) is 18.2 Å². The number of aromatic carboxylic acids is 1. The zero-order valence-corrected chi connectivity index (χ0v) is 11.7. The van der Waals surface area contributed by atoms with Crippen LogP contribution in [0, 0.1) is 10.1 Å². The molecule has 0 fully saturated rings. The number of carbonyl (C=O) groups is 2. The molecule has 0 saturated carbocycles. The van der Waals surface area contributed by atoms with Gasteiger partial charge in [-0.3, -0.25) is 14.9 Å². The van der Waals surface area contributed by atoms with Crippen molar-refractivity contribution in [3.63, 3.8) is 0 Å². The van der Waals surface area contributed by atoms with Crippen molar-refractivity contribution in [1.82, 2.24) is 0 Å². The summed E-state index contributed by atoms with van der Waals surface area (Å²) < 4.78 is 21.9. The molecule has 0 unspecified atom stereocenters. The summed E-state index contributed by atoms with van der Waals surface area (Å²) in [6, 6.07) is 2.94. The van der Waals surface area contributed by atoms with Crippen molar-refractivity contribution < 1.29 is 28.0 Å². The van der Waals surface area contributed by atoms with Crippen LogP contribution in [0.1, 0.15) is 16.8 Å². The van der Waals surface area contributed by atoms with E-state index >= 15 is 0 Å². The van der Waals surface area contributed by atoms with E-state index in [0.717, 1.165) is 24.5 Å². The summed E-state index contributed by atoms with van der Waals surface area (Å²) in [5, 5.41) is 21.8. The molecule has 0 radical (unpaired) electrons. The molecular weight excluding hydrogens is 304 g/mol. The highest BCUT2D eigenvalue weighted by molar-refractivity contribution is 7.90. The van der Waals surface area contributed by atoms with Gasteiger partial charge in [0.25, 0.3) is 5.69 Å². The van der Waals surface area contributed by atoms with Crippen LogP contribution >= 0.6 is 0 Å². The van der Waals surface area contributed by atoms with Crippen molar-refractivity contribution in [1.29, 1.82) is 0 Å². The maximum absolute atomic E-state index is 11.6. The summed E-state index contributed by atoms with van der Waals surface area (Å²) in [7, 11) is -3.32. The Morgan fingerprint density at radius 2 is 2.00 bits per heavy atom. The van der Waals surface area contributed by atoms with E-state index in [2.05, 4.69) is 5.32 Å². The topological polar surface area (TPSA) is 144 Å². The Morgan fingerprint density at radius 3 is 2.48 bits per heavy atom. The summed E-state index contributed by atoms with van der Waals surface area (Å²) in [4.78, 5) is 32.4. The van der Waals surface area contributed by atoms with E-state index in [1.165, 1.54) is 0 Å². The third-order valence-electron chi connectivity index (χ3n) is 2.42. The van der Waals surface area contributed by atoms with E-state index in [1.807, 2.05) is 0 Å². The van der Waals surface area contributed by atoms with Gasteiger partial charge in [-0.2, -0.15) is 0 Å². The molecule has 1 aromatic carbocycles. The molecule has 0 bridgehead atoms. The van der Waals surface area contributed by atoms with Gasteiger partial charge >= 0.3 is 5.97 Å². The number of anilines is 1. The van der Waals surface area contributed by atoms with Crippen LogP contribution < -0.4 is 5.32 Å². The number of rotatable bonds is 6. The van der Waals surface area contributed by atoms with Crippen LogP contribution in [-0.4, -0.2) is 42.3 Å². The molecule has 1 aromatic rings. The maximum Gasteiger partial charge on any atom is 0.338 e. The number of hydrogen-bond donors (Lipinski definition) is 2. The summed E-state index contributed by atoms with van der Waals surface area (Å²) in [6.07, 6.45) is 0.629. The molecule has 0 saturated heterocycles. The lowest BCUT2D eigenvalue weighted by Gasteiger charge is -2.08. The molecule has 2 N–H and O–H groups in total. The van der Waals surface area contributed by atoms with Crippen molar-refractivity contribution in [2.24, 2.45) is 0 Å². The van der Waals surface area contributed by atoms with Gasteiger partial charge in [-0.15, -0.1) is 0 Å². The first-order chi connectivity index (χ1) is 9.60. The van der Waals surface area contributed by atoms with Crippen LogP contribution in [0.2, 0.25) is 0 Å². The largest absolute Gasteiger partial charge is 0.478 e. The third-order valence-corrected chi connectivity index (χ3v) is 3.36. The number of amides is 1. The Morgan fingerprint density at radius 1 is 1.38 bits per heavy atom. The van der Waals surface area contributed by atoms with Gasteiger partial charge in [0.15, 0.2) is 0 Å². The zero-order valence-electron chi connectivity index (χ0n) is 10.9. The van der Waals surface area contributed by atoms with Crippen molar-refractivity contribution in [3.05, 3.63) is 33.9 Å². The predicted molar refractivity (Wildman–Crippen MR) is 73.0 cm³/mol. The highest BCUT2D eigenvalue weighted by Gasteiger charge is 2.18. The normalized spacial score (nSPS) is 10.9. The van der Waals surface area contributed by atoms with Gasteiger partial charge < -0.3 is 10.4 Å². The second kappa shape index (κ2) is 6.31. The van der Waals surface area contributed by atoms with Crippen LogP contribution in [0.25, 0.3) is 0 Å². The van der Waals surface area contributed by atoms with Gasteiger partial charge in [-0.05, 0) is 6.07 Å². The first-order valence-electron chi connectivity index (χ1n) is 5.59. The molecule has 114 valence electrons. The fraction of sp³-hybridized carbons (Fsp3) is 0.273. The van der Waals surface area contributed by atoms with Crippen molar-refractivity contribution in [2.75, 3.05) is 17.3 Å². The highest BCUT2D eigenvalue weighted by Crippen LogP contribution is 2.22. The Bertz CT molecular complexity index is 697. The molecule has 0 atom stereocenters. The number of carboxylic acid groups (broad SMARTS) is 1. The minimum atomic E-state index is -3.32. The van der Waals surface area contributed by atoms with E-state index in [4.69, 9.17) is 5.11 Å². The zero-order chi connectivity index (χ0) is 16.2. The lowest BCUT2D eigenvalue weighted by molar-refractivity contribution is -0.384. The molecule has 0 heterocycles. The van der Waals surface area contributed by atoms with Crippen LogP contribution in [0.3, 0.4) is 0 Å². The SMILES string of the molecule is CS(=O)(=O)CCC(=O)Nc1ccc([N+](=O)[O-])cc1C(=O)O. The van der Waals surface area contributed by atoms with Gasteiger partial charge in [0, 0.05) is 24.8 Å². The molecule has 1 amide bonds. The maximum atomic E-state index is 11.6. The lowest BCUT2D eigenvalue weighted by Crippen LogP contribution is -2.18. The molecule has 1 rings (SSSR count). The van der Waals surface area contributed by atoms with Gasteiger partial charge in [-0.1, -0.05) is 0 Å². The minimum Gasteiger partial charge on any atom is -0.478 e. The summed E-state index contributed by atoms with van der Waals surface area (Å²) in [6.45, 7) is 0. The quantitative estimate of drug-likeness (QED) is 0.579. The monoisotopic (exact) mass is 316 g/mol. The molecule has 21 heavy (non-hydrogen) atoms. The van der Waals surface area contributed by atoms with Crippen molar-refractivity contribution >= 4 is 33.1 Å². The molecule has 10 heteroatoms. The molecular formula is C11H12N2O7S. The number of nitrogens with one attached hydrogen (secondary N) is 1. The second-order valence-corrected chi connectivity index (χ2v) is 6.48. The van der Waals surface area contributed by atoms with Crippen molar-refractivity contribution in [2.45, 2.75) is 6.42 Å². The van der Waals surface area contributed by atoms with Crippen molar-refractivity contribution in [3.8, 4) is 0 Å². The van der Waals surface area contributed by atoms with Gasteiger partial charge in [0.05, 0.1) is 21.9 Å². The molecule has 0 aromatic heterocycles. The second-order valence-electron chi connectivity index (χ2n) is 4.22. The predicted octanol–water partition coefficient (Wildman–Crippen LogP) is 0.666. The Labute approximate surface area is 119 Å². The summed E-state index contributed by atoms with van der Waals surface area (Å²) in [5.41, 5.74) is -1.01. The van der Waals surface area contributed by atoms with E-state index in [0.29, 0.717) is 0 Å². The number of carbonyl (C=O) groups excluding carboxylic acids is 1. The first-order valence-corrected chi connectivity index (χ1v) is 7.65. The third kappa shape index (κ3) is 5.18.